The number of aryl methyl sites for hydroxylation is 2. The summed E-state index contributed by atoms with van der Waals surface area (Å²) in [6.45, 7) is 3.81. The molecule has 27 heavy (non-hydrogen) atoms. The van der Waals surface area contributed by atoms with E-state index in [2.05, 4.69) is 10.5 Å². The Bertz CT molecular complexity index is 976. The van der Waals surface area contributed by atoms with E-state index in [-0.39, 0.29) is 12.5 Å². The molecule has 0 radical (unpaired) electrons. The van der Waals surface area contributed by atoms with Crippen LogP contribution in [0.3, 0.4) is 0 Å². The number of nitrogens with one attached hydrogen (secondary N) is 1. The number of fused-ring (bicyclic) bond motifs is 1. The van der Waals surface area contributed by atoms with Gasteiger partial charge in [-0.05, 0) is 42.5 Å². The lowest BCUT2D eigenvalue weighted by atomic mass is 10.0. The van der Waals surface area contributed by atoms with Gasteiger partial charge in [-0.3, -0.25) is 4.79 Å². The quantitative estimate of drug-likeness (QED) is 0.533. The van der Waals surface area contributed by atoms with Crippen molar-refractivity contribution in [1.29, 1.82) is 0 Å². The van der Waals surface area contributed by atoms with Crippen LogP contribution in [-0.2, 0) is 4.79 Å². The number of nitrogens with zero attached hydrogens (tertiary/aromatic N) is 1. The molecule has 5 heteroatoms. The fourth-order valence-corrected chi connectivity index (χ4v) is 2.96. The number of hydrazone groups is 1. The van der Waals surface area contributed by atoms with Gasteiger partial charge in [0.1, 0.15) is 11.5 Å². The molecule has 3 rings (SSSR count). The topological polar surface area (TPSA) is 59.9 Å². The summed E-state index contributed by atoms with van der Waals surface area (Å²) in [6.07, 6.45) is 1.62. The molecule has 3 aromatic rings. The van der Waals surface area contributed by atoms with Crippen LogP contribution in [0.5, 0.6) is 11.5 Å². The Balaban J connectivity index is 1.66. The molecule has 0 atom stereocenters. The van der Waals surface area contributed by atoms with Gasteiger partial charge < -0.3 is 9.47 Å². The van der Waals surface area contributed by atoms with Crippen molar-refractivity contribution in [2.24, 2.45) is 5.10 Å². The molecule has 0 saturated carbocycles. The van der Waals surface area contributed by atoms with Gasteiger partial charge in [0.25, 0.3) is 5.91 Å². The van der Waals surface area contributed by atoms with Crippen LogP contribution >= 0.6 is 0 Å². The van der Waals surface area contributed by atoms with Gasteiger partial charge in [0.15, 0.2) is 6.61 Å². The van der Waals surface area contributed by atoms with E-state index < -0.39 is 0 Å². The van der Waals surface area contributed by atoms with E-state index in [1.807, 2.05) is 68.4 Å². The van der Waals surface area contributed by atoms with E-state index in [1.54, 1.807) is 13.3 Å². The number of para-hydroxylation sites is 1. The molecule has 0 aromatic heterocycles. The fourth-order valence-electron chi connectivity index (χ4n) is 2.96. The Morgan fingerprint density at radius 2 is 1.70 bits per heavy atom. The zero-order valence-electron chi connectivity index (χ0n) is 15.7. The molecule has 138 valence electrons. The van der Waals surface area contributed by atoms with Crippen LogP contribution in [0, 0.1) is 13.8 Å². The predicted molar refractivity (Wildman–Crippen MR) is 108 cm³/mol. The number of ether oxygens (including phenoxy) is 2. The summed E-state index contributed by atoms with van der Waals surface area (Å²) < 4.78 is 11.0. The molecule has 0 aliphatic carbocycles. The normalized spacial score (nSPS) is 10.9. The van der Waals surface area contributed by atoms with Crippen LogP contribution in [0.2, 0.25) is 0 Å². The standard InChI is InChI=1S/C22H22N2O3/c1-15-7-6-8-16(2)22(15)27-14-21(25)24-23-13-17-11-12-20(26-3)19-10-5-4-9-18(17)19/h4-13H,14H2,1-3H3,(H,24,25). The lowest BCUT2D eigenvalue weighted by molar-refractivity contribution is -0.123. The monoisotopic (exact) mass is 362 g/mol. The first kappa shape index (κ1) is 18.5. The Hall–Kier alpha value is -3.34. The average molecular weight is 362 g/mol. The lowest BCUT2D eigenvalue weighted by Gasteiger charge is -2.10. The minimum absolute atomic E-state index is 0.0909. The number of carbonyl (C=O) groups is 1. The highest BCUT2D eigenvalue weighted by atomic mass is 16.5. The summed E-state index contributed by atoms with van der Waals surface area (Å²) in [7, 11) is 1.64. The maximum atomic E-state index is 12.0. The first-order valence-electron chi connectivity index (χ1n) is 8.67. The second-order valence-electron chi connectivity index (χ2n) is 6.21. The molecule has 5 nitrogen and oxygen atoms in total. The van der Waals surface area contributed by atoms with Crippen LogP contribution < -0.4 is 14.9 Å². The zero-order chi connectivity index (χ0) is 19.2. The zero-order valence-corrected chi connectivity index (χ0v) is 15.7. The van der Waals surface area contributed by atoms with E-state index in [0.717, 1.165) is 39.0 Å². The van der Waals surface area contributed by atoms with Crippen LogP contribution in [0.4, 0.5) is 0 Å². The molecule has 1 N–H and O–H groups in total. The molecular formula is C22H22N2O3. The van der Waals surface area contributed by atoms with Crippen LogP contribution in [0.25, 0.3) is 10.8 Å². The summed E-state index contributed by atoms with van der Waals surface area (Å²) in [5.74, 6) is 1.22. The average Bonchev–Trinajstić information content (AvgIpc) is 2.67. The second kappa shape index (κ2) is 8.36. The van der Waals surface area contributed by atoms with Crippen molar-refractivity contribution >= 4 is 22.9 Å². The number of benzene rings is 3. The third kappa shape index (κ3) is 4.26. The fraction of sp³-hybridized carbons (Fsp3) is 0.182. The van der Waals surface area contributed by atoms with E-state index in [0.29, 0.717) is 0 Å². The van der Waals surface area contributed by atoms with E-state index in [4.69, 9.17) is 9.47 Å². The van der Waals surface area contributed by atoms with Gasteiger partial charge in [0.05, 0.1) is 13.3 Å². The van der Waals surface area contributed by atoms with Crippen molar-refractivity contribution in [1.82, 2.24) is 5.43 Å². The summed E-state index contributed by atoms with van der Waals surface area (Å²) in [4.78, 5) is 12.0. The number of amides is 1. The Morgan fingerprint density at radius 3 is 2.41 bits per heavy atom. The molecule has 3 aromatic carbocycles. The van der Waals surface area contributed by atoms with Crippen LogP contribution in [0.1, 0.15) is 16.7 Å². The number of methoxy groups -OCH3 is 1. The number of hydrogen-bond acceptors (Lipinski definition) is 4. The summed E-state index contributed by atoms with van der Waals surface area (Å²) in [6, 6.07) is 17.5. The minimum atomic E-state index is -0.313. The van der Waals surface area contributed by atoms with E-state index >= 15 is 0 Å². The molecule has 0 unspecified atom stereocenters. The molecule has 0 bridgehead atoms. The van der Waals surface area contributed by atoms with Gasteiger partial charge in [-0.1, -0.05) is 42.5 Å². The summed E-state index contributed by atoms with van der Waals surface area (Å²) in [5, 5.41) is 6.05. The van der Waals surface area contributed by atoms with Gasteiger partial charge in [-0.25, -0.2) is 5.43 Å². The van der Waals surface area contributed by atoms with E-state index in [1.165, 1.54) is 0 Å². The molecule has 0 saturated heterocycles. The van der Waals surface area contributed by atoms with Crippen molar-refractivity contribution < 1.29 is 14.3 Å². The number of carbonyl (C=O) groups excluding carboxylic acids is 1. The van der Waals surface area contributed by atoms with Gasteiger partial charge in [0, 0.05) is 10.9 Å². The summed E-state index contributed by atoms with van der Waals surface area (Å²) >= 11 is 0. The lowest BCUT2D eigenvalue weighted by Crippen LogP contribution is -2.25. The molecule has 0 heterocycles. The van der Waals surface area contributed by atoms with Gasteiger partial charge >= 0.3 is 0 Å². The maximum absolute atomic E-state index is 12.0. The predicted octanol–water partition coefficient (Wildman–Crippen LogP) is 3.99. The Morgan fingerprint density at radius 1 is 1.00 bits per heavy atom. The maximum Gasteiger partial charge on any atom is 0.277 e. The summed E-state index contributed by atoms with van der Waals surface area (Å²) in [5.41, 5.74) is 5.39. The van der Waals surface area contributed by atoms with Crippen molar-refractivity contribution in [3.05, 3.63) is 71.3 Å². The molecule has 0 fully saturated rings. The molecular weight excluding hydrogens is 340 g/mol. The molecule has 0 aliphatic rings. The van der Waals surface area contributed by atoms with Crippen LogP contribution in [-0.4, -0.2) is 25.8 Å². The highest BCUT2D eigenvalue weighted by molar-refractivity contribution is 6.02. The van der Waals surface area contributed by atoms with Gasteiger partial charge in [-0.15, -0.1) is 0 Å². The van der Waals surface area contributed by atoms with Gasteiger partial charge in [0.2, 0.25) is 0 Å². The first-order chi connectivity index (χ1) is 13.1. The third-order valence-electron chi connectivity index (χ3n) is 4.29. The smallest absolute Gasteiger partial charge is 0.277 e. The highest BCUT2D eigenvalue weighted by Gasteiger charge is 2.07. The number of hydrogen-bond donors (Lipinski definition) is 1. The Labute approximate surface area is 158 Å². The SMILES string of the molecule is COc1ccc(C=NNC(=O)COc2c(C)cccc2C)c2ccccc12. The first-order valence-corrected chi connectivity index (χ1v) is 8.67. The van der Waals surface area contributed by atoms with Crippen molar-refractivity contribution in [3.63, 3.8) is 0 Å². The number of rotatable bonds is 6. The molecule has 0 aliphatic heterocycles. The van der Waals surface area contributed by atoms with Crippen molar-refractivity contribution in [2.45, 2.75) is 13.8 Å². The van der Waals surface area contributed by atoms with Gasteiger partial charge in [-0.2, -0.15) is 5.10 Å². The Kier molecular flexibility index (Phi) is 5.71. The van der Waals surface area contributed by atoms with E-state index in [9.17, 15) is 4.79 Å². The molecule has 1 amide bonds. The van der Waals surface area contributed by atoms with Crippen LogP contribution in [0.15, 0.2) is 59.7 Å². The second-order valence-corrected chi connectivity index (χ2v) is 6.21. The minimum Gasteiger partial charge on any atom is -0.496 e. The third-order valence-corrected chi connectivity index (χ3v) is 4.29. The van der Waals surface area contributed by atoms with Crippen molar-refractivity contribution in [3.8, 4) is 11.5 Å². The molecule has 0 spiro atoms. The highest BCUT2D eigenvalue weighted by Crippen LogP contribution is 2.27. The largest absolute Gasteiger partial charge is 0.496 e. The van der Waals surface area contributed by atoms with Crippen molar-refractivity contribution in [2.75, 3.05) is 13.7 Å².